The van der Waals surface area contributed by atoms with E-state index >= 15 is 0 Å². The van der Waals surface area contributed by atoms with Crippen LogP contribution >= 0.6 is 0 Å². The molecule has 0 aliphatic heterocycles. The topological polar surface area (TPSA) is 24.1 Å². The molecule has 15 heavy (non-hydrogen) atoms. The van der Waals surface area contributed by atoms with Gasteiger partial charge in [0.1, 0.15) is 0 Å². The average Bonchev–Trinajstić information content (AvgIpc) is 2.73. The van der Waals surface area contributed by atoms with E-state index in [4.69, 9.17) is 0 Å². The first-order valence-corrected chi connectivity index (χ1v) is 6.74. The third kappa shape index (κ3) is 4.52. The molecule has 0 saturated heterocycles. The first kappa shape index (κ1) is 13.0. The van der Waals surface area contributed by atoms with Crippen molar-refractivity contribution in [2.75, 3.05) is 26.2 Å². The van der Waals surface area contributed by atoms with Gasteiger partial charge in [-0.25, -0.2) is 0 Å². The summed E-state index contributed by atoms with van der Waals surface area (Å²) in [5, 5.41) is 7.04. The summed E-state index contributed by atoms with van der Waals surface area (Å²) in [4.78, 5) is 0. The van der Waals surface area contributed by atoms with Crippen molar-refractivity contribution in [3.8, 4) is 0 Å². The second-order valence-corrected chi connectivity index (χ2v) is 4.99. The van der Waals surface area contributed by atoms with Crippen molar-refractivity contribution in [2.24, 2.45) is 5.41 Å². The van der Waals surface area contributed by atoms with Crippen LogP contribution in [0.4, 0.5) is 0 Å². The normalized spacial score (nSPS) is 19.6. The van der Waals surface area contributed by atoms with Gasteiger partial charge in [0.15, 0.2) is 0 Å². The Morgan fingerprint density at radius 2 is 1.60 bits per heavy atom. The molecule has 0 aromatic heterocycles. The highest BCUT2D eigenvalue weighted by molar-refractivity contribution is 4.85. The summed E-state index contributed by atoms with van der Waals surface area (Å²) in [5.41, 5.74) is 0.644. The van der Waals surface area contributed by atoms with Crippen molar-refractivity contribution < 1.29 is 0 Å². The summed E-state index contributed by atoms with van der Waals surface area (Å²) in [7, 11) is 0. The van der Waals surface area contributed by atoms with Gasteiger partial charge in [-0.2, -0.15) is 0 Å². The fraction of sp³-hybridized carbons (Fsp3) is 1.00. The van der Waals surface area contributed by atoms with Gasteiger partial charge < -0.3 is 10.6 Å². The van der Waals surface area contributed by atoms with Gasteiger partial charge in [0.2, 0.25) is 0 Å². The van der Waals surface area contributed by atoms with E-state index in [1.54, 1.807) is 0 Å². The lowest BCUT2D eigenvalue weighted by Gasteiger charge is -2.27. The summed E-state index contributed by atoms with van der Waals surface area (Å²) < 4.78 is 0. The van der Waals surface area contributed by atoms with E-state index in [-0.39, 0.29) is 0 Å². The summed E-state index contributed by atoms with van der Waals surface area (Å²) in [5.74, 6) is 0. The minimum Gasteiger partial charge on any atom is -0.315 e. The molecule has 0 aromatic rings. The van der Waals surface area contributed by atoms with Crippen LogP contribution in [0.15, 0.2) is 0 Å². The van der Waals surface area contributed by atoms with E-state index < -0.39 is 0 Å². The highest BCUT2D eigenvalue weighted by Gasteiger charge is 2.31. The number of rotatable bonds is 8. The molecule has 0 spiro atoms. The smallest absolute Gasteiger partial charge is 0.00769 e. The molecule has 1 aliphatic carbocycles. The fourth-order valence-electron chi connectivity index (χ4n) is 2.61. The molecular weight excluding hydrogens is 184 g/mol. The lowest BCUT2D eigenvalue weighted by molar-refractivity contribution is 0.269. The molecule has 1 rings (SSSR count). The maximum absolute atomic E-state index is 3.62. The van der Waals surface area contributed by atoms with Crippen LogP contribution < -0.4 is 10.6 Å². The van der Waals surface area contributed by atoms with E-state index in [0.29, 0.717) is 5.41 Å². The summed E-state index contributed by atoms with van der Waals surface area (Å²) in [6, 6.07) is 0. The van der Waals surface area contributed by atoms with Crippen LogP contribution in [0.3, 0.4) is 0 Å². The van der Waals surface area contributed by atoms with E-state index in [1.807, 2.05) is 0 Å². The molecule has 1 aliphatic rings. The maximum Gasteiger partial charge on any atom is 0.00769 e. The first-order valence-electron chi connectivity index (χ1n) is 6.74. The lowest BCUT2D eigenvalue weighted by Crippen LogP contribution is -2.35. The zero-order valence-corrected chi connectivity index (χ0v) is 10.6. The van der Waals surface area contributed by atoms with Crippen LogP contribution in [0.5, 0.6) is 0 Å². The van der Waals surface area contributed by atoms with Crippen molar-refractivity contribution >= 4 is 0 Å². The second kappa shape index (κ2) is 7.24. The van der Waals surface area contributed by atoms with E-state index in [2.05, 4.69) is 24.5 Å². The predicted octanol–water partition coefficient (Wildman–Crippen LogP) is 2.55. The molecule has 2 N–H and O–H groups in total. The van der Waals surface area contributed by atoms with Crippen molar-refractivity contribution in [2.45, 2.75) is 52.4 Å². The van der Waals surface area contributed by atoms with Gasteiger partial charge in [-0.05, 0) is 37.6 Å². The lowest BCUT2D eigenvalue weighted by atomic mass is 9.83. The standard InChI is InChI=1S/C13H28N2/c1-3-9-14-10-11-15-12-13(4-2)7-5-6-8-13/h14-15H,3-12H2,1-2H3. The van der Waals surface area contributed by atoms with Crippen LogP contribution in [0.1, 0.15) is 52.4 Å². The molecule has 2 heteroatoms. The largest absolute Gasteiger partial charge is 0.315 e. The monoisotopic (exact) mass is 212 g/mol. The Labute approximate surface area is 95.2 Å². The number of hydrogen-bond acceptors (Lipinski definition) is 2. The number of hydrogen-bond donors (Lipinski definition) is 2. The quantitative estimate of drug-likeness (QED) is 0.604. The van der Waals surface area contributed by atoms with Gasteiger partial charge in [-0.3, -0.25) is 0 Å². The Balaban J connectivity index is 2.02. The zero-order chi connectivity index (χ0) is 11.0. The van der Waals surface area contributed by atoms with Crippen LogP contribution in [-0.2, 0) is 0 Å². The average molecular weight is 212 g/mol. The Hall–Kier alpha value is -0.0800. The molecule has 0 bridgehead atoms. The third-order valence-electron chi connectivity index (χ3n) is 3.82. The van der Waals surface area contributed by atoms with Crippen molar-refractivity contribution in [3.63, 3.8) is 0 Å². The van der Waals surface area contributed by atoms with Crippen LogP contribution in [0, 0.1) is 5.41 Å². The Kier molecular flexibility index (Phi) is 6.26. The fourth-order valence-corrected chi connectivity index (χ4v) is 2.61. The molecule has 90 valence electrons. The highest BCUT2D eigenvalue weighted by atomic mass is 14.9. The van der Waals surface area contributed by atoms with Gasteiger partial charge >= 0.3 is 0 Å². The van der Waals surface area contributed by atoms with Crippen LogP contribution in [0.2, 0.25) is 0 Å². The van der Waals surface area contributed by atoms with Crippen molar-refractivity contribution in [3.05, 3.63) is 0 Å². The molecule has 0 unspecified atom stereocenters. The SMILES string of the molecule is CCCNCCNCC1(CC)CCCC1. The van der Waals surface area contributed by atoms with Gasteiger partial charge in [0.25, 0.3) is 0 Å². The van der Waals surface area contributed by atoms with Gasteiger partial charge in [0, 0.05) is 19.6 Å². The highest BCUT2D eigenvalue weighted by Crippen LogP contribution is 2.40. The maximum atomic E-state index is 3.62. The molecule has 0 radical (unpaired) electrons. The molecular formula is C13H28N2. The molecule has 1 saturated carbocycles. The predicted molar refractivity (Wildman–Crippen MR) is 67.2 cm³/mol. The summed E-state index contributed by atoms with van der Waals surface area (Å²) in [6.07, 6.45) is 8.37. The molecule has 0 amide bonds. The molecule has 0 heterocycles. The molecule has 1 fully saturated rings. The van der Waals surface area contributed by atoms with E-state index in [9.17, 15) is 0 Å². The Bertz CT molecular complexity index is 151. The van der Waals surface area contributed by atoms with Crippen LogP contribution in [0.25, 0.3) is 0 Å². The van der Waals surface area contributed by atoms with Crippen molar-refractivity contribution in [1.82, 2.24) is 10.6 Å². The van der Waals surface area contributed by atoms with E-state index in [0.717, 1.165) is 19.6 Å². The number of nitrogens with one attached hydrogen (secondary N) is 2. The second-order valence-electron chi connectivity index (χ2n) is 4.99. The summed E-state index contributed by atoms with van der Waals surface area (Å²) >= 11 is 0. The minimum atomic E-state index is 0.644. The van der Waals surface area contributed by atoms with Crippen LogP contribution in [-0.4, -0.2) is 26.2 Å². The van der Waals surface area contributed by atoms with Crippen molar-refractivity contribution in [1.29, 1.82) is 0 Å². The molecule has 0 aromatic carbocycles. The molecule has 0 atom stereocenters. The Morgan fingerprint density at radius 3 is 2.20 bits per heavy atom. The van der Waals surface area contributed by atoms with Gasteiger partial charge in [0.05, 0.1) is 0 Å². The zero-order valence-electron chi connectivity index (χ0n) is 10.6. The Morgan fingerprint density at radius 1 is 0.933 bits per heavy atom. The third-order valence-corrected chi connectivity index (χ3v) is 3.82. The first-order chi connectivity index (χ1) is 7.33. The molecule has 2 nitrogen and oxygen atoms in total. The van der Waals surface area contributed by atoms with E-state index in [1.165, 1.54) is 45.1 Å². The minimum absolute atomic E-state index is 0.644. The van der Waals surface area contributed by atoms with Gasteiger partial charge in [-0.15, -0.1) is 0 Å². The van der Waals surface area contributed by atoms with Gasteiger partial charge in [-0.1, -0.05) is 26.7 Å². The summed E-state index contributed by atoms with van der Waals surface area (Å²) in [6.45, 7) is 9.20.